The van der Waals surface area contributed by atoms with Crippen LogP contribution in [-0.2, 0) is 53.1 Å². The maximum Gasteiger partial charge on any atom is 0.500 e. The highest BCUT2D eigenvalue weighted by molar-refractivity contribution is 6.61. The minimum atomic E-state index is -2.51. The number of ether oxygens (including phenoxy) is 4. The van der Waals surface area contributed by atoms with Crippen LogP contribution in [0.15, 0.2) is 72.8 Å². The monoisotopic (exact) mass is 1670 g/mol. The lowest BCUT2D eigenvalue weighted by Crippen LogP contribution is -2.42. The number of nitrogens with one attached hydrogen (secondary N) is 2. The lowest BCUT2D eigenvalue weighted by atomic mass is 10.1. The van der Waals surface area contributed by atoms with Gasteiger partial charge in [-0.2, -0.15) is 0 Å². The Hall–Kier alpha value is -6.17. The molecule has 0 saturated carbocycles. The Balaban J connectivity index is 0.953. The second-order valence-electron chi connectivity index (χ2n) is 30.7. The van der Waals surface area contributed by atoms with Gasteiger partial charge < -0.3 is 82.0 Å². The topological polar surface area (TPSA) is 257 Å². The van der Waals surface area contributed by atoms with Gasteiger partial charge in [0.05, 0.1) is 26.4 Å². The number of H-pyrrole nitrogens is 2. The van der Waals surface area contributed by atoms with Gasteiger partial charge in [-0.3, -0.25) is 0 Å². The molecule has 8 bridgehead atoms. The van der Waals surface area contributed by atoms with Gasteiger partial charge in [0.15, 0.2) is 23.3 Å². The van der Waals surface area contributed by atoms with Crippen molar-refractivity contribution in [1.82, 2.24) is 39.9 Å². The molecule has 642 valence electrons. The van der Waals surface area contributed by atoms with Crippen molar-refractivity contribution in [2.24, 2.45) is 0 Å². The molecule has 2 aliphatic heterocycles. The van der Waals surface area contributed by atoms with Gasteiger partial charge in [-0.05, 0) is 124 Å². The third-order valence-corrected chi connectivity index (χ3v) is 34.4. The fourth-order valence-corrected chi connectivity index (χ4v) is 23.0. The molecule has 0 fully saturated rings. The minimum absolute atomic E-state index is 0.494. The molecule has 2 aliphatic rings. The predicted octanol–water partition coefficient (Wildman–Crippen LogP) is 21.9. The van der Waals surface area contributed by atoms with E-state index in [1.807, 2.05) is 24.3 Å². The molecule has 7 aromatic rings. The Morgan fingerprint density at radius 2 is 0.405 bits per heavy atom. The van der Waals surface area contributed by atoms with Crippen molar-refractivity contribution in [2.45, 2.75) is 255 Å². The second-order valence-corrected chi connectivity index (χ2v) is 43.1. The zero-order valence-corrected chi connectivity index (χ0v) is 76.3. The van der Waals surface area contributed by atoms with Crippen molar-refractivity contribution >= 4 is 79.4 Å². The lowest BCUT2D eigenvalue weighted by Gasteiger charge is -2.24. The van der Waals surface area contributed by atoms with E-state index in [0.717, 1.165) is 194 Å². The van der Waals surface area contributed by atoms with E-state index in [4.69, 9.17) is 102 Å². The minimum Gasteiger partial charge on any atom is -0.494 e. The number of benzene rings is 4. The highest BCUT2D eigenvalue weighted by Crippen LogP contribution is 2.41. The average molecular weight is 1680 g/mol. The normalized spacial score (nSPS) is 12.5. The zero-order valence-electron chi connectivity index (χ0n) is 72.3. The smallest absolute Gasteiger partial charge is 0.494 e. The number of aromatic amines is 2. The summed E-state index contributed by atoms with van der Waals surface area (Å²) in [6.45, 7) is 2.38. The molecule has 2 N–H and O–H groups in total. The van der Waals surface area contributed by atoms with E-state index < -0.39 is 35.2 Å². The summed E-state index contributed by atoms with van der Waals surface area (Å²) in [6, 6.07) is 28.0. The van der Waals surface area contributed by atoms with E-state index in [9.17, 15) is 0 Å². The van der Waals surface area contributed by atoms with E-state index in [2.05, 4.69) is 58.5 Å². The van der Waals surface area contributed by atoms with Gasteiger partial charge >= 0.3 is 35.2 Å². The van der Waals surface area contributed by atoms with Crippen molar-refractivity contribution in [2.75, 3.05) is 112 Å². The molecular weight excluding hydrogens is 1540 g/mol. The Bertz CT molecular complexity index is 3890. The van der Waals surface area contributed by atoms with Crippen molar-refractivity contribution in [1.29, 1.82) is 0 Å². The summed E-state index contributed by atoms with van der Waals surface area (Å²) in [4.78, 5) is 39.8. The number of nitrogens with zero attached hydrogens (tertiary/aromatic N) is 6. The van der Waals surface area contributed by atoms with E-state index in [0.29, 0.717) is 72.3 Å². The van der Waals surface area contributed by atoms with Crippen molar-refractivity contribution in [3.63, 3.8) is 0 Å². The van der Waals surface area contributed by atoms with Gasteiger partial charge in [0.1, 0.15) is 45.6 Å². The Morgan fingerprint density at radius 3 is 0.647 bits per heavy atom. The average Bonchev–Trinajstić information content (AvgIpc) is 1.60. The standard InChI is InChI=1S/C88H138N8O16Si4/c1-97-113(98-2,99-3)61-45-37-29-21-13-17-25-33-41-57-109-69-49-53-73-77(65-69)85-89-81(73)94-86-79-67-71(111-59-43-35-27-19-15-23-31-39-47-63-115(103-7,104-8)105-9)51-55-75(79)83(91-86)96-88-80-68-72(112-60-44-36-28-20-16-24-32-40-48-64-116(106-10,107-11)108-12)52-56-76(80)84(92-88)95-87-78-66-70(50-54-74(78)82(90-87)93-85)110-58-42-34-26-18-14-22-30-38-46-62-114(100-4,101-5)102-6/h49-56,65-68H,13-48,57-64H2,1-12H3,(H2,89,90,91,92,93,94,95,96). The predicted molar refractivity (Wildman–Crippen MR) is 471 cm³/mol. The third-order valence-electron chi connectivity index (χ3n) is 23.0. The maximum absolute atomic E-state index is 6.58. The molecule has 3 aromatic heterocycles. The number of fused-ring (bicyclic) bond motifs is 20. The highest BCUT2D eigenvalue weighted by Gasteiger charge is 2.40. The molecule has 0 spiro atoms. The van der Waals surface area contributed by atoms with Crippen LogP contribution in [0.5, 0.6) is 23.0 Å². The summed E-state index contributed by atoms with van der Waals surface area (Å²) < 4.78 is 93.7. The van der Waals surface area contributed by atoms with E-state index in [1.54, 1.807) is 85.3 Å². The molecule has 5 heterocycles. The number of aromatic nitrogens is 8. The van der Waals surface area contributed by atoms with Crippen molar-refractivity contribution in [3.8, 4) is 68.5 Å². The van der Waals surface area contributed by atoms with Crippen LogP contribution in [0.25, 0.3) is 89.7 Å². The molecular formula is C88H138N8O16Si4. The van der Waals surface area contributed by atoms with Crippen LogP contribution in [0.1, 0.15) is 231 Å². The number of hydrogen-bond donors (Lipinski definition) is 2. The third kappa shape index (κ3) is 27.9. The maximum atomic E-state index is 6.58. The molecule has 0 amide bonds. The zero-order chi connectivity index (χ0) is 82.1. The van der Waals surface area contributed by atoms with Gasteiger partial charge in [-0.25, -0.2) is 29.9 Å². The van der Waals surface area contributed by atoms with Gasteiger partial charge in [-0.1, -0.05) is 180 Å². The van der Waals surface area contributed by atoms with Crippen LogP contribution in [0, 0.1) is 0 Å². The summed E-state index contributed by atoms with van der Waals surface area (Å²) in [5.74, 6) is 4.98. The van der Waals surface area contributed by atoms with Gasteiger partial charge in [-0.15, -0.1) is 0 Å². The molecule has 0 aliphatic carbocycles. The highest BCUT2D eigenvalue weighted by atomic mass is 28.4. The van der Waals surface area contributed by atoms with Gasteiger partial charge in [0, 0.05) is 153 Å². The van der Waals surface area contributed by atoms with E-state index in [1.165, 1.54) is 128 Å². The number of hydrogen-bond acceptors (Lipinski definition) is 22. The summed E-state index contributed by atoms with van der Waals surface area (Å²) >= 11 is 0. The van der Waals surface area contributed by atoms with Crippen LogP contribution < -0.4 is 18.9 Å². The van der Waals surface area contributed by atoms with Gasteiger partial charge in [0.2, 0.25) is 0 Å². The second kappa shape index (κ2) is 50.8. The molecule has 116 heavy (non-hydrogen) atoms. The van der Waals surface area contributed by atoms with Crippen LogP contribution in [0.3, 0.4) is 0 Å². The molecule has 0 atom stereocenters. The molecule has 9 rings (SSSR count). The fraction of sp³-hybridized carbons (Fsp3) is 0.636. The molecule has 0 unspecified atom stereocenters. The Kier molecular flexibility index (Phi) is 41.0. The first kappa shape index (κ1) is 93.7. The number of rotatable bonds is 64. The van der Waals surface area contributed by atoms with Crippen LogP contribution in [0.2, 0.25) is 24.2 Å². The first-order valence-corrected chi connectivity index (χ1v) is 51.1. The largest absolute Gasteiger partial charge is 0.500 e. The summed E-state index contributed by atoms with van der Waals surface area (Å²) in [7, 11) is 10.2. The molecule has 28 heteroatoms. The van der Waals surface area contributed by atoms with Crippen molar-refractivity contribution in [3.05, 3.63) is 72.8 Å². The van der Waals surface area contributed by atoms with E-state index in [-0.39, 0.29) is 0 Å². The summed E-state index contributed by atoms with van der Waals surface area (Å²) in [5.41, 5.74) is 5.61. The summed E-state index contributed by atoms with van der Waals surface area (Å²) in [6.07, 6.45) is 41.0. The first-order chi connectivity index (χ1) is 56.8. The van der Waals surface area contributed by atoms with Gasteiger partial charge in [0.25, 0.3) is 0 Å². The number of unbranched alkanes of at least 4 members (excludes halogenated alkanes) is 32. The van der Waals surface area contributed by atoms with Crippen LogP contribution >= 0.6 is 0 Å². The first-order valence-electron chi connectivity index (χ1n) is 43.4. The Morgan fingerprint density at radius 1 is 0.207 bits per heavy atom. The lowest BCUT2D eigenvalue weighted by molar-refractivity contribution is 0.122. The molecule has 4 aromatic carbocycles. The molecule has 24 nitrogen and oxygen atoms in total. The fourth-order valence-electron chi connectivity index (χ4n) is 15.8. The summed E-state index contributed by atoms with van der Waals surface area (Å²) in [5, 5.41) is 3.38. The Labute approximate surface area is 695 Å². The SMILES string of the molecule is CO[Si](CCCCCCCCCCCOc1ccc2c(c1)-c1nc-2nc2[nH]c(nc3nc(nc4[nH]c(n1)c1ccc(OCCCCCCCCCCC[Si](OC)(OC)OC)cc41)-c1ccc(OCCCCCCCCCCC[Si](OC)(OC)OC)cc1-3)c1ccc(OCCCCCCCCCCC[Si](OC)(OC)OC)cc21)(OC)OC. The quantitative estimate of drug-likeness (QED) is 0.0265. The van der Waals surface area contributed by atoms with Crippen LogP contribution in [0.4, 0.5) is 0 Å². The molecule has 0 saturated heterocycles. The van der Waals surface area contributed by atoms with Crippen molar-refractivity contribution < 1.29 is 72.1 Å². The van der Waals surface area contributed by atoms with Crippen LogP contribution in [-0.4, -0.2) is 187 Å². The van der Waals surface area contributed by atoms with E-state index >= 15 is 0 Å². The molecule has 0 radical (unpaired) electrons.